The van der Waals surface area contributed by atoms with Gasteiger partial charge in [-0.15, -0.1) is 0 Å². The minimum absolute atomic E-state index is 0.0227. The second-order valence-corrected chi connectivity index (χ2v) is 13.6. The summed E-state index contributed by atoms with van der Waals surface area (Å²) in [5, 5.41) is 95.6. The third-order valence-corrected chi connectivity index (χ3v) is 10.7. The molecule has 9 heteroatoms. The molecule has 0 unspecified atom stereocenters. The van der Waals surface area contributed by atoms with Crippen LogP contribution in [0.2, 0.25) is 0 Å². The van der Waals surface area contributed by atoms with Gasteiger partial charge >= 0.3 is 0 Å². The fourth-order valence-electron chi connectivity index (χ4n) is 8.27. The van der Waals surface area contributed by atoms with Crippen LogP contribution in [-0.4, -0.2) is 40.9 Å². The van der Waals surface area contributed by atoms with Crippen LogP contribution in [0.25, 0.3) is 98.4 Å². The van der Waals surface area contributed by atoms with Crippen LogP contribution in [0.4, 0.5) is 0 Å². The Morgan fingerprint density at radius 3 is 1.40 bits per heavy atom. The van der Waals surface area contributed by atoms with Crippen molar-refractivity contribution in [2.75, 3.05) is 0 Å². The number of fused-ring (bicyclic) bond motifs is 7. The lowest BCUT2D eigenvalue weighted by atomic mass is 9.81. The lowest BCUT2D eigenvalue weighted by Crippen LogP contribution is -1.96. The second-order valence-electron chi connectivity index (χ2n) is 13.6. The van der Waals surface area contributed by atoms with Gasteiger partial charge < -0.3 is 45.3 Å². The molecule has 9 nitrogen and oxygen atoms in total. The fourth-order valence-corrected chi connectivity index (χ4v) is 8.27. The SMILES string of the molecule is Oc1c(O)c(O)c2c(-c3cccc4oc5ccccc5c34)c3c(O)c(O)c(O)c(O)c3c(-c3ccc(-c4ccc5ccccc5c4)c4ccccc34)c2c1O. The van der Waals surface area contributed by atoms with Gasteiger partial charge in [-0.1, -0.05) is 103 Å². The average Bonchev–Trinajstić information content (AvgIpc) is 3.61. The molecule has 1 aromatic heterocycles. The summed E-state index contributed by atoms with van der Waals surface area (Å²) in [5.41, 5.74) is 3.30. The number of hydrogen-bond acceptors (Lipinski definition) is 9. The molecule has 0 atom stereocenters. The van der Waals surface area contributed by atoms with E-state index in [0.29, 0.717) is 38.5 Å². The number of furan rings is 1. The van der Waals surface area contributed by atoms with E-state index in [-0.39, 0.29) is 32.7 Å². The third kappa shape index (κ3) is 4.29. The topological polar surface area (TPSA) is 175 Å². The average molecular weight is 725 g/mol. The summed E-state index contributed by atoms with van der Waals surface area (Å²) < 4.78 is 6.14. The highest BCUT2D eigenvalue weighted by Crippen LogP contribution is 2.63. The van der Waals surface area contributed by atoms with Crippen molar-refractivity contribution in [3.63, 3.8) is 0 Å². The molecule has 0 aliphatic carbocycles. The quantitative estimate of drug-likeness (QED) is 0.0501. The largest absolute Gasteiger partial charge is 0.504 e. The molecular formula is C46H28O9. The molecule has 0 aliphatic heterocycles. The first kappa shape index (κ1) is 31.9. The molecule has 0 radical (unpaired) electrons. The van der Waals surface area contributed by atoms with Crippen molar-refractivity contribution in [3.05, 3.63) is 121 Å². The van der Waals surface area contributed by atoms with E-state index in [2.05, 4.69) is 6.07 Å². The first-order chi connectivity index (χ1) is 26.7. The summed E-state index contributed by atoms with van der Waals surface area (Å²) in [6.45, 7) is 0. The van der Waals surface area contributed by atoms with Gasteiger partial charge in [0.2, 0.25) is 23.0 Å². The minimum Gasteiger partial charge on any atom is -0.504 e. The van der Waals surface area contributed by atoms with Gasteiger partial charge in [0, 0.05) is 43.4 Å². The molecule has 0 amide bonds. The molecule has 0 saturated carbocycles. The Hall–Kier alpha value is -7.78. The van der Waals surface area contributed by atoms with E-state index in [4.69, 9.17) is 4.42 Å². The first-order valence-electron chi connectivity index (χ1n) is 17.3. The second kappa shape index (κ2) is 11.4. The van der Waals surface area contributed by atoms with E-state index in [9.17, 15) is 40.9 Å². The summed E-state index contributed by atoms with van der Waals surface area (Å²) in [5.74, 6) is -7.54. The summed E-state index contributed by atoms with van der Waals surface area (Å²) in [6.07, 6.45) is 0. The summed E-state index contributed by atoms with van der Waals surface area (Å²) >= 11 is 0. The lowest BCUT2D eigenvalue weighted by molar-refractivity contribution is 0.350. The normalized spacial score (nSPS) is 11.9. The van der Waals surface area contributed by atoms with E-state index < -0.39 is 46.0 Å². The van der Waals surface area contributed by atoms with Crippen molar-refractivity contribution in [1.29, 1.82) is 0 Å². The molecule has 266 valence electrons. The van der Waals surface area contributed by atoms with Crippen LogP contribution in [0.3, 0.4) is 0 Å². The van der Waals surface area contributed by atoms with Crippen molar-refractivity contribution < 1.29 is 45.3 Å². The molecule has 0 saturated heterocycles. The van der Waals surface area contributed by atoms with Crippen LogP contribution in [0.1, 0.15) is 0 Å². The van der Waals surface area contributed by atoms with Gasteiger partial charge in [0.05, 0.1) is 0 Å². The zero-order valence-corrected chi connectivity index (χ0v) is 28.5. The maximum atomic E-state index is 11.9. The van der Waals surface area contributed by atoms with E-state index in [1.54, 1.807) is 48.5 Å². The summed E-state index contributed by atoms with van der Waals surface area (Å²) in [4.78, 5) is 0. The highest BCUT2D eigenvalue weighted by atomic mass is 16.4. The molecule has 0 fully saturated rings. The number of para-hydroxylation sites is 1. The maximum Gasteiger partial charge on any atom is 0.204 e. The summed E-state index contributed by atoms with van der Waals surface area (Å²) in [6, 6.07) is 37.4. The Bertz CT molecular complexity index is 3220. The summed E-state index contributed by atoms with van der Waals surface area (Å²) in [7, 11) is 0. The number of aromatic hydroxyl groups is 8. The van der Waals surface area contributed by atoms with Crippen LogP contribution in [0.5, 0.6) is 46.0 Å². The number of rotatable bonds is 3. The zero-order chi connectivity index (χ0) is 37.9. The van der Waals surface area contributed by atoms with Crippen molar-refractivity contribution in [1.82, 2.24) is 0 Å². The van der Waals surface area contributed by atoms with Crippen molar-refractivity contribution >= 4 is 65.0 Å². The van der Waals surface area contributed by atoms with E-state index in [1.807, 2.05) is 66.7 Å². The molecule has 1 heterocycles. The van der Waals surface area contributed by atoms with Crippen molar-refractivity contribution in [2.24, 2.45) is 0 Å². The number of phenolic OH excluding ortho intramolecular Hbond substituents is 8. The predicted octanol–water partition coefficient (Wildman–Crippen LogP) is 10.8. The number of phenols is 8. The number of benzene rings is 9. The van der Waals surface area contributed by atoms with Gasteiger partial charge in [-0.25, -0.2) is 0 Å². The molecule has 9 aromatic carbocycles. The maximum absolute atomic E-state index is 11.9. The highest BCUT2D eigenvalue weighted by molar-refractivity contribution is 6.32. The van der Waals surface area contributed by atoms with Crippen LogP contribution in [0, 0.1) is 0 Å². The first-order valence-corrected chi connectivity index (χ1v) is 17.3. The van der Waals surface area contributed by atoms with Crippen LogP contribution in [-0.2, 0) is 0 Å². The van der Waals surface area contributed by atoms with Gasteiger partial charge in [0.25, 0.3) is 0 Å². The minimum atomic E-state index is -1.04. The van der Waals surface area contributed by atoms with Gasteiger partial charge in [0.1, 0.15) is 11.2 Å². The van der Waals surface area contributed by atoms with Crippen LogP contribution < -0.4 is 0 Å². The monoisotopic (exact) mass is 724 g/mol. The smallest absolute Gasteiger partial charge is 0.204 e. The van der Waals surface area contributed by atoms with Gasteiger partial charge in [-0.3, -0.25) is 0 Å². The Balaban J connectivity index is 1.43. The molecule has 55 heavy (non-hydrogen) atoms. The fraction of sp³-hybridized carbons (Fsp3) is 0. The molecule has 10 aromatic rings. The third-order valence-electron chi connectivity index (χ3n) is 10.7. The standard InChI is InChI=1S/C46H28O9/c47-39-35-33(27-19-18-24(25-10-3-4-11-26(25)27)23-17-16-21-8-1-2-9-22(21)20-23)36-38(42(50)46(54)44(52)40(36)48)34(37(35)41(49)45(53)43(39)51)29-13-7-15-31-32(29)28-12-5-6-14-30(28)55-31/h1-20,47-54H. The Kier molecular flexibility index (Phi) is 6.59. The Morgan fingerprint density at radius 2 is 0.782 bits per heavy atom. The van der Waals surface area contributed by atoms with Crippen LogP contribution in [0.15, 0.2) is 126 Å². The number of hydrogen-bond donors (Lipinski definition) is 8. The van der Waals surface area contributed by atoms with E-state index >= 15 is 0 Å². The van der Waals surface area contributed by atoms with Gasteiger partial charge in [-0.2, -0.15) is 0 Å². The van der Waals surface area contributed by atoms with Crippen molar-refractivity contribution in [3.8, 4) is 79.4 Å². The van der Waals surface area contributed by atoms with E-state index in [0.717, 1.165) is 27.3 Å². The van der Waals surface area contributed by atoms with E-state index in [1.165, 1.54) is 0 Å². The molecule has 0 bridgehead atoms. The lowest BCUT2D eigenvalue weighted by Gasteiger charge is -2.23. The van der Waals surface area contributed by atoms with Crippen LogP contribution >= 0.6 is 0 Å². The highest BCUT2D eigenvalue weighted by Gasteiger charge is 2.33. The van der Waals surface area contributed by atoms with Gasteiger partial charge in [0.15, 0.2) is 23.0 Å². The Morgan fingerprint density at radius 1 is 0.309 bits per heavy atom. The molecule has 0 spiro atoms. The zero-order valence-electron chi connectivity index (χ0n) is 28.5. The molecular weight excluding hydrogens is 696 g/mol. The van der Waals surface area contributed by atoms with Gasteiger partial charge in [-0.05, 0) is 62.0 Å². The Labute approximate surface area is 310 Å². The molecule has 8 N–H and O–H groups in total. The predicted molar refractivity (Wildman–Crippen MR) is 213 cm³/mol. The molecule has 10 rings (SSSR count). The molecule has 0 aliphatic rings. The van der Waals surface area contributed by atoms with Crippen molar-refractivity contribution in [2.45, 2.75) is 0 Å².